The molecule has 1 aromatic carbocycles. The second-order valence-corrected chi connectivity index (χ2v) is 3.86. The Morgan fingerprint density at radius 2 is 2.16 bits per heavy atom. The van der Waals surface area contributed by atoms with E-state index in [1.807, 2.05) is 12.1 Å². The number of methoxy groups -OCH3 is 1. The standard InChI is InChI=1S/C14H13N3O2/c1-3-8-17-14(15)12(9-18)13(16-17)10-4-6-11(19-2)7-5-10/h1,4-7,9H,8,15H2,2H3. The number of aldehydes is 1. The summed E-state index contributed by atoms with van der Waals surface area (Å²) in [7, 11) is 1.59. The van der Waals surface area contributed by atoms with E-state index in [4.69, 9.17) is 16.9 Å². The monoisotopic (exact) mass is 255 g/mol. The predicted octanol–water partition coefficient (Wildman–Crippen LogP) is 1.59. The number of nitrogens with two attached hydrogens (primary N) is 1. The van der Waals surface area contributed by atoms with Gasteiger partial charge in [0.15, 0.2) is 6.29 Å². The minimum atomic E-state index is 0.225. The molecule has 0 saturated carbocycles. The molecule has 1 heterocycles. The van der Waals surface area contributed by atoms with E-state index in [-0.39, 0.29) is 12.4 Å². The van der Waals surface area contributed by atoms with Crippen molar-refractivity contribution in [3.05, 3.63) is 29.8 Å². The lowest BCUT2D eigenvalue weighted by atomic mass is 10.1. The van der Waals surface area contributed by atoms with E-state index in [2.05, 4.69) is 11.0 Å². The summed E-state index contributed by atoms with van der Waals surface area (Å²) < 4.78 is 6.52. The van der Waals surface area contributed by atoms with Crippen LogP contribution in [0, 0.1) is 12.3 Å². The summed E-state index contributed by atoms with van der Waals surface area (Å²) in [6.45, 7) is 0.225. The van der Waals surface area contributed by atoms with E-state index in [0.29, 0.717) is 17.5 Å². The smallest absolute Gasteiger partial charge is 0.156 e. The van der Waals surface area contributed by atoms with Crippen LogP contribution in [0.5, 0.6) is 5.75 Å². The Kier molecular flexibility index (Phi) is 3.53. The number of hydrogen-bond acceptors (Lipinski definition) is 4. The van der Waals surface area contributed by atoms with Crippen LogP contribution in [-0.2, 0) is 6.54 Å². The maximum absolute atomic E-state index is 11.2. The van der Waals surface area contributed by atoms with Gasteiger partial charge >= 0.3 is 0 Å². The van der Waals surface area contributed by atoms with Gasteiger partial charge in [-0.3, -0.25) is 4.79 Å². The molecule has 0 fully saturated rings. The summed E-state index contributed by atoms with van der Waals surface area (Å²) in [5.41, 5.74) is 7.49. The van der Waals surface area contributed by atoms with Gasteiger partial charge in [-0.05, 0) is 24.3 Å². The van der Waals surface area contributed by atoms with Gasteiger partial charge in [-0.1, -0.05) is 5.92 Å². The summed E-state index contributed by atoms with van der Waals surface area (Å²) in [4.78, 5) is 11.2. The number of benzene rings is 1. The Labute approximate surface area is 111 Å². The van der Waals surface area contributed by atoms with E-state index >= 15 is 0 Å². The van der Waals surface area contributed by atoms with Gasteiger partial charge in [0.1, 0.15) is 23.8 Å². The molecule has 19 heavy (non-hydrogen) atoms. The highest BCUT2D eigenvalue weighted by atomic mass is 16.5. The number of rotatable bonds is 4. The zero-order valence-corrected chi connectivity index (χ0v) is 10.5. The zero-order valence-electron chi connectivity index (χ0n) is 10.5. The summed E-state index contributed by atoms with van der Waals surface area (Å²) in [5, 5.41) is 4.27. The minimum absolute atomic E-state index is 0.225. The number of ether oxygens (including phenoxy) is 1. The number of aromatic nitrogens is 2. The number of carbonyl (C=O) groups excluding carboxylic acids is 1. The van der Waals surface area contributed by atoms with Crippen LogP contribution in [0.3, 0.4) is 0 Å². The maximum atomic E-state index is 11.2. The lowest BCUT2D eigenvalue weighted by Gasteiger charge is -2.01. The van der Waals surface area contributed by atoms with Gasteiger partial charge in [-0.25, -0.2) is 4.68 Å². The molecule has 0 saturated heterocycles. The minimum Gasteiger partial charge on any atom is -0.497 e. The first-order valence-electron chi connectivity index (χ1n) is 5.60. The Morgan fingerprint density at radius 1 is 1.47 bits per heavy atom. The van der Waals surface area contributed by atoms with Crippen LogP contribution in [0.25, 0.3) is 11.3 Å². The van der Waals surface area contributed by atoms with Crippen molar-refractivity contribution in [1.82, 2.24) is 9.78 Å². The Hall–Kier alpha value is -2.74. The Morgan fingerprint density at radius 3 is 2.68 bits per heavy atom. The van der Waals surface area contributed by atoms with Gasteiger partial charge in [0, 0.05) is 5.56 Å². The molecular weight excluding hydrogens is 242 g/mol. The molecule has 2 N–H and O–H groups in total. The first-order chi connectivity index (χ1) is 9.21. The Balaban J connectivity index is 2.51. The predicted molar refractivity (Wildman–Crippen MR) is 72.8 cm³/mol. The molecule has 0 bridgehead atoms. The molecule has 96 valence electrons. The molecular formula is C14H13N3O2. The molecule has 1 aromatic heterocycles. The van der Waals surface area contributed by atoms with Crippen molar-refractivity contribution >= 4 is 12.1 Å². The van der Waals surface area contributed by atoms with Gasteiger partial charge in [-0.2, -0.15) is 5.10 Å². The normalized spacial score (nSPS) is 9.89. The number of carbonyl (C=O) groups is 1. The highest BCUT2D eigenvalue weighted by Gasteiger charge is 2.16. The third-order valence-electron chi connectivity index (χ3n) is 2.75. The van der Waals surface area contributed by atoms with Crippen LogP contribution in [0.4, 0.5) is 5.82 Å². The fraction of sp³-hybridized carbons (Fsp3) is 0.143. The molecule has 2 rings (SSSR count). The van der Waals surface area contributed by atoms with Gasteiger partial charge in [0.25, 0.3) is 0 Å². The van der Waals surface area contributed by atoms with E-state index in [1.54, 1.807) is 19.2 Å². The number of nitrogen functional groups attached to an aromatic ring is 1. The van der Waals surface area contributed by atoms with Crippen LogP contribution >= 0.6 is 0 Å². The highest BCUT2D eigenvalue weighted by Crippen LogP contribution is 2.27. The number of nitrogens with zero attached hydrogens (tertiary/aromatic N) is 2. The molecule has 0 unspecified atom stereocenters. The molecule has 2 aromatic rings. The lowest BCUT2D eigenvalue weighted by molar-refractivity contribution is 0.112. The number of hydrogen-bond donors (Lipinski definition) is 1. The van der Waals surface area contributed by atoms with Gasteiger partial charge in [0.05, 0.1) is 12.7 Å². The first-order valence-corrected chi connectivity index (χ1v) is 5.60. The van der Waals surface area contributed by atoms with E-state index < -0.39 is 0 Å². The van der Waals surface area contributed by atoms with Crippen molar-refractivity contribution < 1.29 is 9.53 Å². The van der Waals surface area contributed by atoms with E-state index in [0.717, 1.165) is 11.3 Å². The van der Waals surface area contributed by atoms with Crippen LogP contribution in [0.1, 0.15) is 10.4 Å². The average molecular weight is 255 g/mol. The molecule has 0 atom stereocenters. The summed E-state index contributed by atoms with van der Waals surface area (Å²) in [5.74, 6) is 3.45. The molecule has 0 amide bonds. The zero-order chi connectivity index (χ0) is 13.8. The second kappa shape index (κ2) is 5.27. The van der Waals surface area contributed by atoms with Crippen LogP contribution in [0.15, 0.2) is 24.3 Å². The molecule has 0 radical (unpaired) electrons. The van der Waals surface area contributed by atoms with Crippen molar-refractivity contribution in [3.8, 4) is 29.4 Å². The highest BCUT2D eigenvalue weighted by molar-refractivity contribution is 5.91. The SMILES string of the molecule is C#CCn1nc(-c2ccc(OC)cc2)c(C=O)c1N. The van der Waals surface area contributed by atoms with Crippen molar-refractivity contribution in [2.75, 3.05) is 12.8 Å². The second-order valence-electron chi connectivity index (χ2n) is 3.86. The fourth-order valence-corrected chi connectivity index (χ4v) is 1.77. The quantitative estimate of drug-likeness (QED) is 0.665. The van der Waals surface area contributed by atoms with Crippen molar-refractivity contribution in [3.63, 3.8) is 0 Å². The van der Waals surface area contributed by atoms with E-state index in [9.17, 15) is 4.79 Å². The summed E-state index contributed by atoms with van der Waals surface area (Å²) >= 11 is 0. The fourth-order valence-electron chi connectivity index (χ4n) is 1.77. The van der Waals surface area contributed by atoms with Gasteiger partial charge in [-0.15, -0.1) is 6.42 Å². The third-order valence-corrected chi connectivity index (χ3v) is 2.75. The maximum Gasteiger partial charge on any atom is 0.156 e. The topological polar surface area (TPSA) is 70.1 Å². The molecule has 5 heteroatoms. The molecule has 0 spiro atoms. The van der Waals surface area contributed by atoms with E-state index in [1.165, 1.54) is 4.68 Å². The summed E-state index contributed by atoms with van der Waals surface area (Å²) in [6.07, 6.45) is 5.92. The average Bonchev–Trinajstić information content (AvgIpc) is 2.76. The first kappa shape index (κ1) is 12.7. The number of terminal acetylenes is 1. The van der Waals surface area contributed by atoms with Crippen LogP contribution in [0.2, 0.25) is 0 Å². The summed E-state index contributed by atoms with van der Waals surface area (Å²) in [6, 6.07) is 7.21. The molecule has 0 aliphatic heterocycles. The van der Waals surface area contributed by atoms with Crippen LogP contribution < -0.4 is 10.5 Å². The van der Waals surface area contributed by atoms with Gasteiger partial charge in [0.2, 0.25) is 0 Å². The molecule has 0 aliphatic rings. The van der Waals surface area contributed by atoms with Crippen molar-refractivity contribution in [2.45, 2.75) is 6.54 Å². The number of anilines is 1. The molecule has 5 nitrogen and oxygen atoms in total. The van der Waals surface area contributed by atoms with Crippen molar-refractivity contribution in [1.29, 1.82) is 0 Å². The third kappa shape index (κ3) is 2.29. The largest absolute Gasteiger partial charge is 0.497 e. The lowest BCUT2D eigenvalue weighted by Crippen LogP contribution is -2.03. The Bertz CT molecular complexity index is 636. The van der Waals surface area contributed by atoms with Crippen molar-refractivity contribution in [2.24, 2.45) is 0 Å². The van der Waals surface area contributed by atoms with Gasteiger partial charge < -0.3 is 10.5 Å². The van der Waals surface area contributed by atoms with Crippen LogP contribution in [-0.4, -0.2) is 23.2 Å². The molecule has 0 aliphatic carbocycles.